The fourth-order valence-corrected chi connectivity index (χ4v) is 4.05. The highest BCUT2D eigenvalue weighted by Gasteiger charge is 2.28. The Morgan fingerprint density at radius 3 is 2.68 bits per heavy atom. The number of hydrogen-bond donors (Lipinski definition) is 1. The second-order valence-electron chi connectivity index (χ2n) is 5.67. The van der Waals surface area contributed by atoms with Crippen LogP contribution in [0.1, 0.15) is 10.4 Å². The van der Waals surface area contributed by atoms with Crippen LogP contribution in [0.25, 0.3) is 0 Å². The molecule has 1 fully saturated rings. The minimum Gasteiger partial charge on any atom is -0.452 e. The van der Waals surface area contributed by atoms with E-state index in [0.717, 1.165) is 6.07 Å². The Morgan fingerprint density at radius 2 is 2.00 bits per heavy atom. The number of ether oxygens (including phenoxy) is 2. The summed E-state index contributed by atoms with van der Waals surface area (Å²) in [6.07, 6.45) is 1.27. The summed E-state index contributed by atoms with van der Waals surface area (Å²) in [7, 11) is -3.81. The van der Waals surface area contributed by atoms with Gasteiger partial charge in [-0.2, -0.15) is 4.31 Å². The summed E-state index contributed by atoms with van der Waals surface area (Å²) < 4.78 is 41.3. The highest BCUT2D eigenvalue weighted by atomic mass is 35.5. The predicted molar refractivity (Wildman–Crippen MR) is 96.4 cm³/mol. The first-order chi connectivity index (χ1) is 13.4. The molecule has 150 valence electrons. The summed E-state index contributed by atoms with van der Waals surface area (Å²) in [5.41, 5.74) is -0.162. The lowest BCUT2D eigenvalue weighted by Gasteiger charge is -2.26. The van der Waals surface area contributed by atoms with Crippen molar-refractivity contribution in [1.29, 1.82) is 0 Å². The molecular formula is C16H16ClN3O7S. The Kier molecular flexibility index (Phi) is 6.29. The van der Waals surface area contributed by atoms with Gasteiger partial charge in [0.25, 0.3) is 5.91 Å². The molecule has 1 N–H and O–H groups in total. The fourth-order valence-electron chi connectivity index (χ4n) is 2.42. The molecule has 0 spiro atoms. The first kappa shape index (κ1) is 20.3. The van der Waals surface area contributed by atoms with Crippen molar-refractivity contribution in [2.75, 3.05) is 38.2 Å². The number of carbonyl (C=O) groups excluding carboxylic acids is 2. The van der Waals surface area contributed by atoms with E-state index in [2.05, 4.69) is 15.0 Å². The molecule has 1 saturated heterocycles. The van der Waals surface area contributed by atoms with Crippen LogP contribution >= 0.6 is 11.6 Å². The molecule has 1 aromatic carbocycles. The molecule has 0 atom stereocenters. The normalized spacial score (nSPS) is 15.2. The lowest BCUT2D eigenvalue weighted by molar-refractivity contribution is -0.119. The van der Waals surface area contributed by atoms with Crippen LogP contribution in [0.5, 0.6) is 0 Å². The van der Waals surface area contributed by atoms with Crippen molar-refractivity contribution in [3.05, 3.63) is 41.1 Å². The van der Waals surface area contributed by atoms with Gasteiger partial charge >= 0.3 is 5.97 Å². The van der Waals surface area contributed by atoms with E-state index < -0.39 is 28.5 Å². The van der Waals surface area contributed by atoms with E-state index in [1.165, 1.54) is 28.8 Å². The SMILES string of the molecule is O=C(COC(=O)c1cc(S(=O)(=O)N2CCOCC2)ccc1Cl)Nc1ccon1. The van der Waals surface area contributed by atoms with Gasteiger partial charge in [-0.1, -0.05) is 16.8 Å². The lowest BCUT2D eigenvalue weighted by Crippen LogP contribution is -2.40. The maximum Gasteiger partial charge on any atom is 0.340 e. The van der Waals surface area contributed by atoms with Gasteiger partial charge in [-0.05, 0) is 18.2 Å². The molecular weight excluding hydrogens is 414 g/mol. The Bertz CT molecular complexity index is 957. The molecule has 1 aromatic heterocycles. The lowest BCUT2D eigenvalue weighted by atomic mass is 10.2. The number of nitrogens with zero attached hydrogens (tertiary/aromatic N) is 2. The Balaban J connectivity index is 1.70. The zero-order valence-electron chi connectivity index (χ0n) is 14.5. The summed E-state index contributed by atoms with van der Waals surface area (Å²) in [6.45, 7) is 0.410. The van der Waals surface area contributed by atoms with Gasteiger partial charge in [0.1, 0.15) is 6.26 Å². The van der Waals surface area contributed by atoms with E-state index in [1.807, 2.05) is 0 Å². The maximum atomic E-state index is 12.7. The van der Waals surface area contributed by atoms with Gasteiger partial charge in [0.2, 0.25) is 10.0 Å². The van der Waals surface area contributed by atoms with Gasteiger partial charge in [-0.3, -0.25) is 4.79 Å². The average Bonchev–Trinajstić information content (AvgIpc) is 3.20. The molecule has 28 heavy (non-hydrogen) atoms. The fraction of sp³-hybridized carbons (Fsp3) is 0.312. The standard InChI is InChI=1S/C16H16ClN3O7S/c17-13-2-1-11(28(23,24)20-4-7-25-8-5-20)9-12(13)16(22)26-10-15(21)18-14-3-6-27-19-14/h1-3,6,9H,4-5,7-8,10H2,(H,18,19,21). The van der Waals surface area contributed by atoms with Crippen molar-refractivity contribution in [3.8, 4) is 0 Å². The Morgan fingerprint density at radius 1 is 1.25 bits per heavy atom. The summed E-state index contributed by atoms with van der Waals surface area (Å²) in [6, 6.07) is 5.14. The molecule has 3 rings (SSSR count). The number of amides is 1. The quantitative estimate of drug-likeness (QED) is 0.677. The summed E-state index contributed by atoms with van der Waals surface area (Å²) >= 11 is 6.01. The molecule has 12 heteroatoms. The molecule has 0 unspecified atom stereocenters. The van der Waals surface area contributed by atoms with Crippen molar-refractivity contribution in [2.24, 2.45) is 0 Å². The molecule has 2 aromatic rings. The first-order valence-corrected chi connectivity index (χ1v) is 9.94. The van der Waals surface area contributed by atoms with E-state index in [-0.39, 0.29) is 34.4 Å². The average molecular weight is 430 g/mol. The second-order valence-corrected chi connectivity index (χ2v) is 8.01. The molecule has 0 bridgehead atoms. The van der Waals surface area contributed by atoms with Crippen LogP contribution in [0.4, 0.5) is 5.82 Å². The third-order valence-electron chi connectivity index (χ3n) is 3.81. The number of rotatable bonds is 6. The van der Waals surface area contributed by atoms with Crippen LogP contribution in [0.15, 0.2) is 39.9 Å². The van der Waals surface area contributed by atoms with Gasteiger partial charge < -0.3 is 19.3 Å². The third-order valence-corrected chi connectivity index (χ3v) is 6.03. The molecule has 0 saturated carbocycles. The van der Waals surface area contributed by atoms with E-state index in [1.54, 1.807) is 0 Å². The van der Waals surface area contributed by atoms with E-state index in [9.17, 15) is 18.0 Å². The molecule has 0 radical (unpaired) electrons. The zero-order valence-corrected chi connectivity index (χ0v) is 16.0. The van der Waals surface area contributed by atoms with Gasteiger partial charge in [0.15, 0.2) is 12.4 Å². The van der Waals surface area contributed by atoms with Gasteiger partial charge in [0, 0.05) is 19.2 Å². The predicted octanol–water partition coefficient (Wildman–Crippen LogP) is 1.14. The van der Waals surface area contributed by atoms with E-state index in [4.69, 9.17) is 21.1 Å². The minimum atomic E-state index is -3.81. The number of esters is 1. The minimum absolute atomic E-state index is 0.00263. The van der Waals surface area contributed by atoms with E-state index in [0.29, 0.717) is 13.2 Å². The number of benzene rings is 1. The maximum absolute atomic E-state index is 12.7. The molecule has 2 heterocycles. The summed E-state index contributed by atoms with van der Waals surface area (Å²) in [5.74, 6) is -1.41. The van der Waals surface area contributed by atoms with Crippen molar-refractivity contribution in [3.63, 3.8) is 0 Å². The van der Waals surface area contributed by atoms with Crippen LogP contribution in [-0.4, -0.2) is 62.7 Å². The zero-order chi connectivity index (χ0) is 20.1. The molecule has 10 nitrogen and oxygen atoms in total. The van der Waals surface area contributed by atoms with Gasteiger partial charge in [-0.15, -0.1) is 0 Å². The van der Waals surface area contributed by atoms with Crippen LogP contribution in [0, 0.1) is 0 Å². The highest BCUT2D eigenvalue weighted by molar-refractivity contribution is 7.89. The van der Waals surface area contributed by atoms with Gasteiger partial charge in [-0.25, -0.2) is 13.2 Å². The summed E-state index contributed by atoms with van der Waals surface area (Å²) in [4.78, 5) is 23.9. The number of carbonyl (C=O) groups is 2. The van der Waals surface area contributed by atoms with Crippen LogP contribution in [0.3, 0.4) is 0 Å². The van der Waals surface area contributed by atoms with Crippen molar-refractivity contribution >= 4 is 39.3 Å². The third kappa shape index (κ3) is 4.68. The largest absolute Gasteiger partial charge is 0.452 e. The highest BCUT2D eigenvalue weighted by Crippen LogP contribution is 2.24. The van der Waals surface area contributed by atoms with Gasteiger partial charge in [0.05, 0.1) is 28.7 Å². The number of morpholine rings is 1. The molecule has 1 aliphatic heterocycles. The number of sulfonamides is 1. The molecule has 1 amide bonds. The second kappa shape index (κ2) is 8.69. The van der Waals surface area contributed by atoms with Crippen molar-refractivity contribution < 1.29 is 32.0 Å². The Labute approximate surface area is 165 Å². The first-order valence-electron chi connectivity index (χ1n) is 8.13. The number of halogens is 1. The smallest absolute Gasteiger partial charge is 0.340 e. The number of aromatic nitrogens is 1. The van der Waals surface area contributed by atoms with Crippen LogP contribution < -0.4 is 5.32 Å². The number of hydrogen-bond acceptors (Lipinski definition) is 8. The molecule has 0 aliphatic carbocycles. The Hall–Kier alpha value is -2.47. The molecule has 1 aliphatic rings. The van der Waals surface area contributed by atoms with Crippen LogP contribution in [0.2, 0.25) is 5.02 Å². The van der Waals surface area contributed by atoms with Crippen LogP contribution in [-0.2, 0) is 24.3 Å². The summed E-state index contributed by atoms with van der Waals surface area (Å²) in [5, 5.41) is 5.85. The topological polar surface area (TPSA) is 128 Å². The monoisotopic (exact) mass is 429 g/mol. The van der Waals surface area contributed by atoms with Crippen molar-refractivity contribution in [1.82, 2.24) is 9.46 Å². The van der Waals surface area contributed by atoms with E-state index >= 15 is 0 Å². The van der Waals surface area contributed by atoms with Crippen molar-refractivity contribution in [2.45, 2.75) is 4.90 Å². The number of anilines is 1. The number of nitrogens with one attached hydrogen (secondary N) is 1.